The number of rotatable bonds is 6. The van der Waals surface area contributed by atoms with Crippen molar-refractivity contribution < 1.29 is 9.59 Å². The molecule has 0 N–H and O–H groups in total. The van der Waals surface area contributed by atoms with Gasteiger partial charge in [-0.25, -0.2) is 4.98 Å². The maximum absolute atomic E-state index is 13.0. The average Bonchev–Trinajstić information content (AvgIpc) is 3.26. The Morgan fingerprint density at radius 3 is 2.18 bits per heavy atom. The first-order chi connectivity index (χ1) is 16.7. The van der Waals surface area contributed by atoms with E-state index in [1.807, 2.05) is 100 Å². The number of nitrogens with zero attached hydrogens (tertiary/aromatic N) is 4. The van der Waals surface area contributed by atoms with Gasteiger partial charge >= 0.3 is 0 Å². The molecule has 2 heterocycles. The Morgan fingerprint density at radius 1 is 0.794 bits per heavy atom. The first kappa shape index (κ1) is 21.6. The van der Waals surface area contributed by atoms with Crippen molar-refractivity contribution in [1.29, 1.82) is 0 Å². The fourth-order valence-electron chi connectivity index (χ4n) is 4.28. The molecule has 0 spiro atoms. The Bertz CT molecular complexity index is 1320. The normalized spacial score (nSPS) is 14.1. The van der Waals surface area contributed by atoms with Crippen LogP contribution in [0.15, 0.2) is 91.0 Å². The summed E-state index contributed by atoms with van der Waals surface area (Å²) >= 11 is 0. The van der Waals surface area contributed by atoms with Gasteiger partial charge in [0, 0.05) is 37.8 Å². The minimum absolute atomic E-state index is 0.0104. The van der Waals surface area contributed by atoms with Gasteiger partial charge < -0.3 is 14.4 Å². The number of para-hydroxylation sites is 2. The lowest BCUT2D eigenvalue weighted by atomic mass is 10.1. The highest BCUT2D eigenvalue weighted by Crippen LogP contribution is 2.24. The van der Waals surface area contributed by atoms with Crippen molar-refractivity contribution in [3.05, 3.63) is 102 Å². The lowest BCUT2D eigenvalue weighted by Crippen LogP contribution is -2.49. The quantitative estimate of drug-likeness (QED) is 0.325. The highest BCUT2D eigenvalue weighted by atomic mass is 16.2. The van der Waals surface area contributed by atoms with Gasteiger partial charge in [-0.1, -0.05) is 72.8 Å². The van der Waals surface area contributed by atoms with E-state index in [1.54, 1.807) is 6.08 Å². The molecular formula is C28H26N4O2. The number of amides is 1. The van der Waals surface area contributed by atoms with E-state index in [0.29, 0.717) is 31.7 Å². The molecule has 0 radical (unpaired) electrons. The topological polar surface area (TPSA) is 58.4 Å². The monoisotopic (exact) mass is 450 g/mol. The molecule has 1 fully saturated rings. The number of fused-ring (bicyclic) bond motifs is 1. The molecule has 0 atom stereocenters. The van der Waals surface area contributed by atoms with Gasteiger partial charge in [0.05, 0.1) is 17.6 Å². The Labute approximate surface area is 198 Å². The first-order valence-electron chi connectivity index (χ1n) is 11.5. The summed E-state index contributed by atoms with van der Waals surface area (Å²) in [5, 5.41) is 0. The molecule has 0 saturated carbocycles. The number of hydrogen-bond acceptors (Lipinski definition) is 4. The molecule has 6 nitrogen and oxygen atoms in total. The SMILES string of the molecule is O=C(Cn1c(N2CCN(C(=O)/C=C/c3ccccc3)CC2)nc2ccccc21)c1ccccc1. The molecule has 1 aliphatic rings. The summed E-state index contributed by atoms with van der Waals surface area (Å²) in [6.45, 7) is 2.75. The highest BCUT2D eigenvalue weighted by Gasteiger charge is 2.25. The number of benzene rings is 3. The first-order valence-corrected chi connectivity index (χ1v) is 11.5. The van der Waals surface area contributed by atoms with E-state index in [4.69, 9.17) is 4.98 Å². The van der Waals surface area contributed by atoms with E-state index in [1.165, 1.54) is 0 Å². The molecule has 0 aliphatic carbocycles. The van der Waals surface area contributed by atoms with Gasteiger partial charge in [-0.3, -0.25) is 9.59 Å². The van der Waals surface area contributed by atoms with E-state index >= 15 is 0 Å². The Hall–Kier alpha value is -4.19. The molecule has 34 heavy (non-hydrogen) atoms. The molecular weight excluding hydrogens is 424 g/mol. The lowest BCUT2D eigenvalue weighted by molar-refractivity contribution is -0.126. The van der Waals surface area contributed by atoms with Gasteiger partial charge in [-0.15, -0.1) is 0 Å². The lowest BCUT2D eigenvalue weighted by Gasteiger charge is -2.35. The molecule has 1 amide bonds. The molecule has 3 aromatic carbocycles. The molecule has 1 aliphatic heterocycles. The van der Waals surface area contributed by atoms with Crippen LogP contribution in [0.2, 0.25) is 0 Å². The van der Waals surface area contributed by atoms with Crippen LogP contribution >= 0.6 is 0 Å². The second kappa shape index (κ2) is 9.75. The fourth-order valence-corrected chi connectivity index (χ4v) is 4.28. The van der Waals surface area contributed by atoms with E-state index in [9.17, 15) is 9.59 Å². The Morgan fingerprint density at radius 2 is 1.44 bits per heavy atom. The molecule has 1 aromatic heterocycles. The summed E-state index contributed by atoms with van der Waals surface area (Å²) < 4.78 is 2.00. The van der Waals surface area contributed by atoms with Crippen molar-refractivity contribution in [2.45, 2.75) is 6.54 Å². The number of carbonyl (C=O) groups excluding carboxylic acids is 2. The molecule has 6 heteroatoms. The van der Waals surface area contributed by atoms with E-state index < -0.39 is 0 Å². The zero-order valence-electron chi connectivity index (χ0n) is 18.9. The number of piperazine rings is 1. The van der Waals surface area contributed by atoms with Crippen LogP contribution in [0.3, 0.4) is 0 Å². The minimum atomic E-state index is 0.0104. The summed E-state index contributed by atoms with van der Waals surface area (Å²) in [5.74, 6) is 0.832. The van der Waals surface area contributed by atoms with Gasteiger partial charge in [-0.2, -0.15) is 0 Å². The van der Waals surface area contributed by atoms with E-state index in [0.717, 1.165) is 22.5 Å². The number of anilines is 1. The third-order valence-electron chi connectivity index (χ3n) is 6.12. The molecule has 1 saturated heterocycles. The van der Waals surface area contributed by atoms with Crippen LogP contribution in [0, 0.1) is 0 Å². The second-order valence-electron chi connectivity index (χ2n) is 8.33. The van der Waals surface area contributed by atoms with Crippen LogP contribution in [0.25, 0.3) is 17.1 Å². The number of aromatic nitrogens is 2. The molecule has 170 valence electrons. The zero-order valence-corrected chi connectivity index (χ0v) is 18.9. The highest BCUT2D eigenvalue weighted by molar-refractivity contribution is 5.97. The minimum Gasteiger partial charge on any atom is -0.339 e. The van der Waals surface area contributed by atoms with Crippen molar-refractivity contribution >= 4 is 34.7 Å². The van der Waals surface area contributed by atoms with Crippen molar-refractivity contribution in [2.75, 3.05) is 31.1 Å². The third-order valence-corrected chi connectivity index (χ3v) is 6.12. The van der Waals surface area contributed by atoms with Crippen molar-refractivity contribution in [1.82, 2.24) is 14.5 Å². The molecule has 0 bridgehead atoms. The average molecular weight is 451 g/mol. The summed E-state index contributed by atoms with van der Waals surface area (Å²) in [4.78, 5) is 34.6. The number of imidazole rings is 1. The fraction of sp³-hybridized carbons (Fsp3) is 0.179. The van der Waals surface area contributed by atoms with Crippen molar-refractivity contribution in [3.8, 4) is 0 Å². The number of ketones is 1. The maximum Gasteiger partial charge on any atom is 0.246 e. The van der Waals surface area contributed by atoms with Gasteiger partial charge in [0.1, 0.15) is 0 Å². The van der Waals surface area contributed by atoms with Gasteiger partial charge in [0.25, 0.3) is 0 Å². The summed E-state index contributed by atoms with van der Waals surface area (Å²) in [5.41, 5.74) is 3.49. The zero-order chi connectivity index (χ0) is 23.3. The summed E-state index contributed by atoms with van der Waals surface area (Å²) in [6.07, 6.45) is 3.49. The largest absolute Gasteiger partial charge is 0.339 e. The number of carbonyl (C=O) groups is 2. The van der Waals surface area contributed by atoms with E-state index in [-0.39, 0.29) is 18.2 Å². The Kier molecular flexibility index (Phi) is 6.21. The van der Waals surface area contributed by atoms with Crippen molar-refractivity contribution in [3.63, 3.8) is 0 Å². The predicted molar refractivity (Wildman–Crippen MR) is 135 cm³/mol. The predicted octanol–water partition coefficient (Wildman–Crippen LogP) is 4.28. The van der Waals surface area contributed by atoms with Crippen LogP contribution in [0.5, 0.6) is 0 Å². The third kappa shape index (κ3) is 4.62. The summed E-state index contributed by atoms with van der Waals surface area (Å²) in [6, 6.07) is 27.1. The van der Waals surface area contributed by atoms with Gasteiger partial charge in [0.15, 0.2) is 5.78 Å². The maximum atomic E-state index is 13.0. The number of hydrogen-bond donors (Lipinski definition) is 0. The summed E-state index contributed by atoms with van der Waals surface area (Å²) in [7, 11) is 0. The number of Topliss-reactive ketones (excluding diaryl/α,β-unsaturated/α-hetero) is 1. The van der Waals surface area contributed by atoms with E-state index in [2.05, 4.69) is 4.90 Å². The standard InChI is InChI=1S/C28H26N4O2/c33-26(23-11-5-2-6-12-23)21-32-25-14-8-7-13-24(25)29-28(32)31-19-17-30(18-20-31)27(34)16-15-22-9-3-1-4-10-22/h1-16H,17-21H2/b16-15+. The molecule has 0 unspecified atom stereocenters. The molecule has 5 rings (SSSR count). The van der Waals surface area contributed by atoms with Crippen LogP contribution in [-0.4, -0.2) is 52.3 Å². The van der Waals surface area contributed by atoms with Crippen LogP contribution in [0.4, 0.5) is 5.95 Å². The Balaban J connectivity index is 1.32. The smallest absolute Gasteiger partial charge is 0.246 e. The van der Waals surface area contributed by atoms with Crippen LogP contribution in [-0.2, 0) is 11.3 Å². The second-order valence-corrected chi connectivity index (χ2v) is 8.33. The van der Waals surface area contributed by atoms with Gasteiger partial charge in [-0.05, 0) is 23.8 Å². The van der Waals surface area contributed by atoms with Crippen LogP contribution in [0.1, 0.15) is 15.9 Å². The molecule has 4 aromatic rings. The van der Waals surface area contributed by atoms with Crippen molar-refractivity contribution in [2.24, 2.45) is 0 Å². The van der Waals surface area contributed by atoms with Gasteiger partial charge in [0.2, 0.25) is 11.9 Å². The van der Waals surface area contributed by atoms with Crippen LogP contribution < -0.4 is 4.90 Å².